The third kappa shape index (κ3) is 5.01. The number of nitrogens with zero attached hydrogens (tertiary/aromatic N) is 1. The van der Waals surface area contributed by atoms with Gasteiger partial charge in [-0.3, -0.25) is 4.79 Å². The number of furan rings is 2. The van der Waals surface area contributed by atoms with Gasteiger partial charge >= 0.3 is 0 Å². The molecule has 33 heavy (non-hydrogen) atoms. The summed E-state index contributed by atoms with van der Waals surface area (Å²) in [6, 6.07) is 20.0. The Labute approximate surface area is 192 Å². The molecule has 2 heterocycles. The molecule has 0 fully saturated rings. The van der Waals surface area contributed by atoms with E-state index in [9.17, 15) is 13.2 Å². The van der Waals surface area contributed by atoms with Gasteiger partial charge in [0, 0.05) is 6.54 Å². The van der Waals surface area contributed by atoms with E-state index < -0.39 is 15.7 Å². The molecule has 0 radical (unpaired) electrons. The van der Waals surface area contributed by atoms with Crippen molar-refractivity contribution < 1.29 is 26.8 Å². The number of amides is 1. The average Bonchev–Trinajstić information content (AvgIpc) is 3.52. The van der Waals surface area contributed by atoms with Crippen LogP contribution < -0.4 is 4.74 Å². The highest BCUT2D eigenvalue weighted by atomic mass is 32.2. The largest absolute Gasteiger partial charge is 0.497 e. The van der Waals surface area contributed by atoms with Gasteiger partial charge < -0.3 is 18.5 Å². The molecule has 0 unspecified atom stereocenters. The Morgan fingerprint density at radius 1 is 0.939 bits per heavy atom. The molecule has 1 amide bonds. The number of carbonyl (C=O) groups excluding carboxylic acids is 1. The average molecular weight is 466 g/mol. The van der Waals surface area contributed by atoms with Crippen LogP contribution in [0, 0.1) is 6.92 Å². The first kappa shape index (κ1) is 22.4. The van der Waals surface area contributed by atoms with Gasteiger partial charge in [-0.05, 0) is 61.0 Å². The molecule has 170 valence electrons. The van der Waals surface area contributed by atoms with E-state index >= 15 is 0 Å². The Morgan fingerprint density at radius 2 is 1.67 bits per heavy atom. The highest BCUT2D eigenvalue weighted by Crippen LogP contribution is 2.25. The highest BCUT2D eigenvalue weighted by Gasteiger charge is 2.26. The van der Waals surface area contributed by atoms with E-state index in [0.29, 0.717) is 11.5 Å². The summed E-state index contributed by atoms with van der Waals surface area (Å²) in [4.78, 5) is 14.9. The van der Waals surface area contributed by atoms with E-state index in [-0.39, 0.29) is 28.8 Å². The van der Waals surface area contributed by atoms with Gasteiger partial charge in [-0.15, -0.1) is 0 Å². The SMILES string of the molecule is COc1ccc(CN(Cc2ccco2)C(=O)c2ccc(S(=O)(=O)c3ccc(C)cc3)o2)cc1. The number of ether oxygens (including phenoxy) is 1. The molecule has 0 spiro atoms. The second-order valence-corrected chi connectivity index (χ2v) is 9.40. The van der Waals surface area contributed by atoms with Gasteiger partial charge in [0.05, 0.1) is 24.8 Å². The Bertz CT molecular complexity index is 1320. The Hall–Kier alpha value is -3.78. The standard InChI is InChI=1S/C25H23NO6S/c1-18-5-11-22(12-6-18)33(28,29)24-14-13-23(32-24)25(27)26(17-21-4-3-15-31-21)16-19-7-9-20(30-2)10-8-19/h3-15H,16-17H2,1-2H3. The summed E-state index contributed by atoms with van der Waals surface area (Å²) >= 11 is 0. The number of rotatable bonds is 8. The summed E-state index contributed by atoms with van der Waals surface area (Å²) in [5.74, 6) is 0.781. The molecule has 2 aromatic heterocycles. The van der Waals surface area contributed by atoms with E-state index in [2.05, 4.69) is 0 Å². The molecule has 4 rings (SSSR count). The van der Waals surface area contributed by atoms with Crippen molar-refractivity contribution in [1.82, 2.24) is 4.90 Å². The number of methoxy groups -OCH3 is 1. The molecule has 0 aliphatic rings. The Kier molecular flexibility index (Phi) is 6.37. The molecule has 4 aromatic rings. The molecule has 0 N–H and O–H groups in total. The van der Waals surface area contributed by atoms with Crippen molar-refractivity contribution in [2.45, 2.75) is 30.0 Å². The van der Waals surface area contributed by atoms with Crippen LogP contribution in [0.15, 0.2) is 97.9 Å². The monoisotopic (exact) mass is 465 g/mol. The fourth-order valence-electron chi connectivity index (χ4n) is 3.31. The molecule has 7 nitrogen and oxygen atoms in total. The van der Waals surface area contributed by atoms with E-state index in [1.54, 1.807) is 31.4 Å². The van der Waals surface area contributed by atoms with Crippen LogP contribution in [0.3, 0.4) is 0 Å². The molecular weight excluding hydrogens is 442 g/mol. The Balaban J connectivity index is 1.60. The third-order valence-electron chi connectivity index (χ3n) is 5.13. The highest BCUT2D eigenvalue weighted by molar-refractivity contribution is 7.91. The van der Waals surface area contributed by atoms with E-state index in [0.717, 1.165) is 11.1 Å². The number of aryl methyl sites for hydroxylation is 1. The van der Waals surface area contributed by atoms with Crippen LogP contribution in [-0.2, 0) is 22.9 Å². The zero-order valence-electron chi connectivity index (χ0n) is 18.2. The van der Waals surface area contributed by atoms with Crippen LogP contribution in [0.2, 0.25) is 0 Å². The number of hydrogen-bond donors (Lipinski definition) is 0. The molecule has 8 heteroatoms. The first-order chi connectivity index (χ1) is 15.9. The van der Waals surface area contributed by atoms with Crippen molar-refractivity contribution >= 4 is 15.7 Å². The molecule has 0 saturated carbocycles. The molecule has 0 bridgehead atoms. The maximum atomic E-state index is 13.3. The smallest absolute Gasteiger partial charge is 0.290 e. The van der Waals surface area contributed by atoms with Crippen LogP contribution in [0.25, 0.3) is 0 Å². The van der Waals surface area contributed by atoms with E-state index in [4.69, 9.17) is 13.6 Å². The summed E-state index contributed by atoms with van der Waals surface area (Å²) in [6.07, 6.45) is 1.53. The molecule has 2 aromatic carbocycles. The van der Waals surface area contributed by atoms with Gasteiger partial charge in [-0.2, -0.15) is 0 Å². The van der Waals surface area contributed by atoms with Gasteiger partial charge in [0.25, 0.3) is 5.91 Å². The van der Waals surface area contributed by atoms with Crippen LogP contribution in [0.5, 0.6) is 5.75 Å². The van der Waals surface area contributed by atoms with Crippen molar-refractivity contribution in [3.05, 3.63) is 102 Å². The third-order valence-corrected chi connectivity index (χ3v) is 6.78. The van der Waals surface area contributed by atoms with Crippen LogP contribution in [0.1, 0.15) is 27.4 Å². The zero-order valence-corrected chi connectivity index (χ0v) is 19.0. The van der Waals surface area contributed by atoms with Crippen molar-refractivity contribution in [3.63, 3.8) is 0 Å². The van der Waals surface area contributed by atoms with Crippen LogP contribution in [-0.4, -0.2) is 26.3 Å². The summed E-state index contributed by atoms with van der Waals surface area (Å²) in [5.41, 5.74) is 1.81. The first-order valence-corrected chi connectivity index (χ1v) is 11.7. The van der Waals surface area contributed by atoms with E-state index in [1.807, 2.05) is 31.2 Å². The quantitative estimate of drug-likeness (QED) is 0.369. The first-order valence-electron chi connectivity index (χ1n) is 10.2. The predicted octanol–water partition coefficient (Wildman–Crippen LogP) is 4.87. The zero-order chi connectivity index (χ0) is 23.4. The fourth-order valence-corrected chi connectivity index (χ4v) is 4.48. The predicted molar refractivity (Wildman–Crippen MR) is 121 cm³/mol. The summed E-state index contributed by atoms with van der Waals surface area (Å²) < 4.78 is 42.0. The number of sulfone groups is 1. The van der Waals surface area contributed by atoms with Gasteiger partial charge in [0.2, 0.25) is 14.9 Å². The lowest BCUT2D eigenvalue weighted by atomic mass is 10.2. The van der Waals surface area contributed by atoms with Crippen LogP contribution in [0.4, 0.5) is 0 Å². The molecular formula is C25H23NO6S. The van der Waals surface area contributed by atoms with Crippen molar-refractivity contribution in [2.75, 3.05) is 7.11 Å². The van der Waals surface area contributed by atoms with Crippen molar-refractivity contribution in [3.8, 4) is 5.75 Å². The normalized spacial score (nSPS) is 11.3. The number of benzene rings is 2. The van der Waals surface area contributed by atoms with Gasteiger partial charge in [-0.25, -0.2) is 8.42 Å². The topological polar surface area (TPSA) is 90.0 Å². The maximum Gasteiger partial charge on any atom is 0.290 e. The summed E-state index contributed by atoms with van der Waals surface area (Å²) in [5, 5.41) is -0.280. The summed E-state index contributed by atoms with van der Waals surface area (Å²) in [7, 11) is -2.30. The second kappa shape index (κ2) is 9.38. The fraction of sp³-hybridized carbons (Fsp3) is 0.160. The van der Waals surface area contributed by atoms with E-state index in [1.165, 1.54) is 35.4 Å². The Morgan fingerprint density at radius 3 is 2.30 bits per heavy atom. The lowest BCUT2D eigenvalue weighted by molar-refractivity contribution is 0.0679. The molecule has 0 atom stereocenters. The minimum atomic E-state index is -3.88. The number of carbonyl (C=O) groups is 1. The maximum absolute atomic E-state index is 13.3. The molecule has 0 aliphatic heterocycles. The van der Waals surface area contributed by atoms with Gasteiger partial charge in [-0.1, -0.05) is 29.8 Å². The lowest BCUT2D eigenvalue weighted by Crippen LogP contribution is -2.29. The number of hydrogen-bond acceptors (Lipinski definition) is 6. The minimum Gasteiger partial charge on any atom is -0.497 e. The molecule has 0 saturated heterocycles. The van der Waals surface area contributed by atoms with Crippen molar-refractivity contribution in [1.29, 1.82) is 0 Å². The summed E-state index contributed by atoms with van der Waals surface area (Å²) in [6.45, 7) is 2.33. The van der Waals surface area contributed by atoms with Crippen molar-refractivity contribution in [2.24, 2.45) is 0 Å². The van der Waals surface area contributed by atoms with Gasteiger partial charge in [0.1, 0.15) is 11.5 Å². The van der Waals surface area contributed by atoms with Gasteiger partial charge in [0.15, 0.2) is 5.76 Å². The molecule has 0 aliphatic carbocycles. The minimum absolute atomic E-state index is 0.0687. The second-order valence-electron chi connectivity index (χ2n) is 7.52. The lowest BCUT2D eigenvalue weighted by Gasteiger charge is -2.21. The van der Waals surface area contributed by atoms with Crippen LogP contribution >= 0.6 is 0 Å².